The van der Waals surface area contributed by atoms with Crippen LogP contribution in [0.5, 0.6) is 5.75 Å². The molecule has 5 rings (SSSR count). The number of benzene rings is 2. The van der Waals surface area contributed by atoms with Crippen LogP contribution < -0.4 is 19.6 Å². The summed E-state index contributed by atoms with van der Waals surface area (Å²) < 4.78 is 18.8. The zero-order valence-electron chi connectivity index (χ0n) is 23.3. The molecule has 0 aliphatic carbocycles. The fraction of sp³-hybridized carbons (Fsp3) is 0.233. The molecule has 1 unspecified atom stereocenters. The second kappa shape index (κ2) is 12.6. The smallest absolute Gasteiger partial charge is 0.338 e. The molecule has 0 saturated heterocycles. The van der Waals surface area contributed by atoms with Crippen LogP contribution in [0.3, 0.4) is 0 Å². The average molecular weight is 643 g/mol. The van der Waals surface area contributed by atoms with Crippen molar-refractivity contribution in [1.82, 2.24) is 4.57 Å². The molecular formula is C30H25Cl2N3O7S. The minimum atomic E-state index is -0.830. The van der Waals surface area contributed by atoms with Crippen LogP contribution in [0.25, 0.3) is 17.4 Å². The van der Waals surface area contributed by atoms with Crippen LogP contribution in [0, 0.1) is 10.1 Å². The third-order valence-corrected chi connectivity index (χ3v) is 8.32. The van der Waals surface area contributed by atoms with E-state index in [4.69, 9.17) is 42.1 Å². The Labute approximate surface area is 259 Å². The molecule has 0 amide bonds. The number of furan rings is 1. The largest absolute Gasteiger partial charge is 0.496 e. The highest BCUT2D eigenvalue weighted by molar-refractivity contribution is 7.07. The van der Waals surface area contributed by atoms with E-state index in [2.05, 4.69) is 0 Å². The summed E-state index contributed by atoms with van der Waals surface area (Å²) in [6.07, 6.45) is 2.80. The van der Waals surface area contributed by atoms with Crippen molar-refractivity contribution in [3.8, 4) is 17.1 Å². The zero-order chi connectivity index (χ0) is 30.8. The Morgan fingerprint density at radius 2 is 1.95 bits per heavy atom. The van der Waals surface area contributed by atoms with Gasteiger partial charge in [-0.15, -0.1) is 0 Å². The van der Waals surface area contributed by atoms with Gasteiger partial charge in [-0.2, -0.15) is 0 Å². The molecule has 2 aromatic heterocycles. The number of hydrogen-bond acceptors (Lipinski definition) is 9. The number of allylic oxidation sites excluding steroid dienone is 1. The highest BCUT2D eigenvalue weighted by Crippen LogP contribution is 2.38. The molecule has 0 radical (unpaired) electrons. The lowest BCUT2D eigenvalue weighted by molar-refractivity contribution is -0.384. The van der Waals surface area contributed by atoms with Crippen molar-refractivity contribution in [2.75, 3.05) is 13.7 Å². The number of aromatic nitrogens is 1. The number of esters is 1. The van der Waals surface area contributed by atoms with Crippen molar-refractivity contribution in [2.24, 2.45) is 4.99 Å². The number of nitro benzene ring substituents is 1. The molecule has 0 spiro atoms. The van der Waals surface area contributed by atoms with Gasteiger partial charge in [0.25, 0.3) is 11.2 Å². The molecule has 222 valence electrons. The van der Waals surface area contributed by atoms with E-state index in [0.29, 0.717) is 49.8 Å². The van der Waals surface area contributed by atoms with Crippen LogP contribution in [-0.2, 0) is 9.53 Å². The van der Waals surface area contributed by atoms with Gasteiger partial charge in [0.2, 0.25) is 0 Å². The lowest BCUT2D eigenvalue weighted by atomic mass is 9.93. The maximum atomic E-state index is 14.0. The second-order valence-corrected chi connectivity index (χ2v) is 11.2. The summed E-state index contributed by atoms with van der Waals surface area (Å²) in [7, 11) is 1.53. The Bertz CT molecular complexity index is 1960. The monoisotopic (exact) mass is 641 g/mol. The predicted molar refractivity (Wildman–Crippen MR) is 163 cm³/mol. The van der Waals surface area contributed by atoms with Gasteiger partial charge in [0.15, 0.2) is 4.80 Å². The highest BCUT2D eigenvalue weighted by atomic mass is 35.5. The average Bonchev–Trinajstić information content (AvgIpc) is 3.57. The summed E-state index contributed by atoms with van der Waals surface area (Å²) in [5, 5.41) is 11.2. The topological polar surface area (TPSA) is 126 Å². The molecule has 1 aliphatic heterocycles. The van der Waals surface area contributed by atoms with Gasteiger partial charge >= 0.3 is 5.97 Å². The van der Waals surface area contributed by atoms with E-state index in [-0.39, 0.29) is 33.5 Å². The first-order chi connectivity index (χ1) is 20.7. The van der Waals surface area contributed by atoms with E-state index in [9.17, 15) is 19.7 Å². The number of methoxy groups -OCH3 is 1. The molecule has 4 aromatic rings. The standard InChI is InChI=1S/C30H25Cl2N3O7S/c1-4-8-21-26(29(37)41-5-2)27(17-9-6-7-10-23(17)40-3)34-28(36)25(43-30(34)33-21)13-16-11-12-24(42-16)18-14-20(32)22(35(38)39)15-19(18)31/h6-7,9-15,27H,4-5,8H2,1-3H3/b25-13+. The second-order valence-electron chi connectivity index (χ2n) is 9.40. The molecule has 0 N–H and O–H groups in total. The lowest BCUT2D eigenvalue weighted by Crippen LogP contribution is -2.40. The first-order valence-corrected chi connectivity index (χ1v) is 14.8. The fourth-order valence-corrected chi connectivity index (χ4v) is 6.36. The number of nitrogens with zero attached hydrogens (tertiary/aromatic N) is 3. The zero-order valence-corrected chi connectivity index (χ0v) is 25.6. The van der Waals surface area contributed by atoms with Crippen molar-refractivity contribution in [3.63, 3.8) is 0 Å². The number of para-hydroxylation sites is 1. The van der Waals surface area contributed by atoms with Crippen LogP contribution in [0.1, 0.15) is 44.1 Å². The van der Waals surface area contributed by atoms with Gasteiger partial charge < -0.3 is 13.9 Å². The molecule has 0 saturated carbocycles. The van der Waals surface area contributed by atoms with Crippen LogP contribution in [0.4, 0.5) is 5.69 Å². The Hall–Kier alpha value is -4.19. The van der Waals surface area contributed by atoms with E-state index in [1.807, 2.05) is 25.1 Å². The predicted octanol–water partition coefficient (Wildman–Crippen LogP) is 6.06. The third kappa shape index (κ3) is 5.75. The number of fused-ring (bicyclic) bond motifs is 1. The van der Waals surface area contributed by atoms with Gasteiger partial charge in [0.1, 0.15) is 28.3 Å². The van der Waals surface area contributed by atoms with Crippen LogP contribution in [0.15, 0.2) is 74.0 Å². The molecule has 0 bridgehead atoms. The SMILES string of the molecule is CCCC1=C(C(=O)OCC)C(c2ccccc2OC)n2c(s/c(=C/c3ccc(-c4cc(Cl)c([N+](=O)[O-])cc4Cl)o3)c2=O)=N1. The number of thiazole rings is 1. The van der Waals surface area contributed by atoms with Crippen LogP contribution >= 0.6 is 34.5 Å². The van der Waals surface area contributed by atoms with E-state index in [0.717, 1.165) is 23.8 Å². The first kappa shape index (κ1) is 30.3. The van der Waals surface area contributed by atoms with Gasteiger partial charge in [0, 0.05) is 23.3 Å². The number of ether oxygens (including phenoxy) is 2. The Kier molecular flexibility index (Phi) is 8.86. The van der Waals surface area contributed by atoms with Crippen molar-refractivity contribution >= 4 is 52.3 Å². The maximum absolute atomic E-state index is 14.0. The molecule has 1 aliphatic rings. The number of carbonyl (C=O) groups excluding carboxylic acids is 1. The quantitative estimate of drug-likeness (QED) is 0.123. The van der Waals surface area contributed by atoms with E-state index in [1.165, 1.54) is 17.7 Å². The summed E-state index contributed by atoms with van der Waals surface area (Å²) in [5.74, 6) is 0.603. The Morgan fingerprint density at radius 3 is 2.65 bits per heavy atom. The van der Waals surface area contributed by atoms with Crippen LogP contribution in [0.2, 0.25) is 10.0 Å². The van der Waals surface area contributed by atoms with E-state index in [1.54, 1.807) is 31.2 Å². The van der Waals surface area contributed by atoms with Crippen molar-refractivity contribution in [1.29, 1.82) is 0 Å². The highest BCUT2D eigenvalue weighted by Gasteiger charge is 2.35. The summed E-state index contributed by atoms with van der Waals surface area (Å²) in [5.41, 5.74) is 1.11. The van der Waals surface area contributed by atoms with Gasteiger partial charge in [-0.25, -0.2) is 9.79 Å². The van der Waals surface area contributed by atoms with Gasteiger partial charge in [-0.1, -0.05) is 66.1 Å². The summed E-state index contributed by atoms with van der Waals surface area (Å²) in [4.78, 5) is 43.1. The van der Waals surface area contributed by atoms with Crippen molar-refractivity contribution < 1.29 is 23.6 Å². The molecule has 43 heavy (non-hydrogen) atoms. The Balaban J connectivity index is 1.67. The molecule has 3 heterocycles. The third-order valence-electron chi connectivity index (χ3n) is 6.72. The first-order valence-electron chi connectivity index (χ1n) is 13.3. The molecule has 0 fully saturated rings. The molecule has 13 heteroatoms. The molecule has 10 nitrogen and oxygen atoms in total. The van der Waals surface area contributed by atoms with Gasteiger partial charge in [0.05, 0.1) is 39.5 Å². The molecule has 2 aromatic carbocycles. The number of carbonyl (C=O) groups is 1. The van der Waals surface area contributed by atoms with Crippen LogP contribution in [-0.4, -0.2) is 29.2 Å². The molecule has 1 atom stereocenters. The minimum absolute atomic E-state index is 0.0862. The lowest BCUT2D eigenvalue weighted by Gasteiger charge is -2.26. The number of hydrogen-bond donors (Lipinski definition) is 0. The summed E-state index contributed by atoms with van der Waals surface area (Å²) in [6.45, 7) is 3.87. The van der Waals surface area contributed by atoms with E-state index >= 15 is 0 Å². The Morgan fingerprint density at radius 1 is 1.19 bits per heavy atom. The minimum Gasteiger partial charge on any atom is -0.496 e. The summed E-state index contributed by atoms with van der Waals surface area (Å²) in [6, 6.07) is 12.2. The number of halogens is 2. The van der Waals surface area contributed by atoms with Gasteiger partial charge in [-0.3, -0.25) is 19.5 Å². The number of nitro groups is 1. The fourth-order valence-electron chi connectivity index (χ4n) is 4.88. The molecular weight excluding hydrogens is 617 g/mol. The summed E-state index contributed by atoms with van der Waals surface area (Å²) >= 11 is 13.5. The normalized spacial score (nSPS) is 14.8. The van der Waals surface area contributed by atoms with E-state index < -0.39 is 16.9 Å². The maximum Gasteiger partial charge on any atom is 0.338 e. The van der Waals surface area contributed by atoms with Gasteiger partial charge in [-0.05, 0) is 37.6 Å². The van der Waals surface area contributed by atoms with Crippen molar-refractivity contribution in [3.05, 3.63) is 111 Å². The van der Waals surface area contributed by atoms with Crippen molar-refractivity contribution in [2.45, 2.75) is 32.7 Å². The number of rotatable bonds is 9.